The van der Waals surface area contributed by atoms with Crippen molar-refractivity contribution in [2.75, 3.05) is 0 Å². The first-order valence-corrected chi connectivity index (χ1v) is 11.3. The van der Waals surface area contributed by atoms with Crippen LogP contribution in [0.1, 0.15) is 36.1 Å². The Morgan fingerprint density at radius 2 is 1.58 bits per heavy atom. The number of aliphatic hydroxyl groups excluding tert-OH is 1. The number of hydrogen-bond acceptors (Lipinski definition) is 4. The van der Waals surface area contributed by atoms with Gasteiger partial charge in [-0.25, -0.2) is 0 Å². The minimum Gasteiger partial charge on any atom is -0.512 e. The van der Waals surface area contributed by atoms with Gasteiger partial charge in [-0.1, -0.05) is 49.2 Å². The maximum absolute atomic E-state index is 10.0. The summed E-state index contributed by atoms with van der Waals surface area (Å²) in [7, 11) is 0. The van der Waals surface area contributed by atoms with Gasteiger partial charge in [0.15, 0.2) is 5.78 Å². The van der Waals surface area contributed by atoms with Crippen molar-refractivity contribution in [3.63, 3.8) is 0 Å². The summed E-state index contributed by atoms with van der Waals surface area (Å²) in [5.74, 6) is -0.0625. The van der Waals surface area contributed by atoms with Gasteiger partial charge >= 0.3 is 0 Å². The number of nitrogens with zero attached hydrogens (tertiary/aromatic N) is 1. The Labute approximate surface area is 213 Å². The van der Waals surface area contributed by atoms with Crippen LogP contribution in [0.3, 0.4) is 0 Å². The molecule has 2 heterocycles. The third-order valence-corrected chi connectivity index (χ3v) is 5.88. The monoisotopic (exact) mass is 635 g/mol. The molecule has 0 bridgehead atoms. The molecule has 0 fully saturated rings. The number of aromatic nitrogens is 1. The van der Waals surface area contributed by atoms with Crippen LogP contribution in [-0.4, -0.2) is 15.9 Å². The number of thiophene rings is 1. The van der Waals surface area contributed by atoms with Crippen LogP contribution in [0.25, 0.3) is 31.8 Å². The van der Waals surface area contributed by atoms with Crippen molar-refractivity contribution in [2.24, 2.45) is 0 Å². The van der Waals surface area contributed by atoms with E-state index in [2.05, 4.69) is 81.2 Å². The van der Waals surface area contributed by atoms with E-state index in [-0.39, 0.29) is 31.6 Å². The van der Waals surface area contributed by atoms with Crippen molar-refractivity contribution in [1.29, 1.82) is 0 Å². The molecule has 1 radical (unpaired) electrons. The zero-order valence-corrected chi connectivity index (χ0v) is 23.0. The predicted octanol–water partition coefficient (Wildman–Crippen LogP) is 7.70. The number of allylic oxidation sites excluding steroid dienone is 2. The number of fused-ring (bicyclic) bond motifs is 1. The fraction of sp³-hybridized carbons (Fsp3) is 0.214. The van der Waals surface area contributed by atoms with Gasteiger partial charge in [0.2, 0.25) is 0 Å². The number of carbonyl (C=O) groups is 1. The van der Waals surface area contributed by atoms with E-state index in [0.717, 1.165) is 16.8 Å². The largest absolute Gasteiger partial charge is 0.512 e. The average molecular weight is 635 g/mol. The van der Waals surface area contributed by atoms with Gasteiger partial charge < -0.3 is 10.1 Å². The summed E-state index contributed by atoms with van der Waals surface area (Å²) in [5, 5.41) is 9.61. The number of benzene rings is 2. The van der Waals surface area contributed by atoms with Crippen molar-refractivity contribution in [1.82, 2.24) is 4.98 Å². The topological polar surface area (TPSA) is 50.2 Å². The molecular weight excluding hydrogens is 607 g/mol. The SMILES string of the molecule is CC(=O)/C=C(/C)O.Cc1[c-]c(-c2cc3cc(-c4cc(C)cc(C)c4)sc3cn2)cc(C)c1.[Ir]. The van der Waals surface area contributed by atoms with Crippen molar-refractivity contribution in [3.05, 3.63) is 88.8 Å². The molecule has 33 heavy (non-hydrogen) atoms. The summed E-state index contributed by atoms with van der Waals surface area (Å²) in [6, 6.07) is 18.9. The molecule has 0 saturated carbocycles. The van der Waals surface area contributed by atoms with Crippen LogP contribution in [-0.2, 0) is 24.9 Å². The number of aryl methyl sites for hydroxylation is 4. The molecule has 0 aliphatic rings. The first kappa shape index (κ1) is 26.7. The summed E-state index contributed by atoms with van der Waals surface area (Å²) in [5.41, 5.74) is 8.35. The van der Waals surface area contributed by atoms with Gasteiger partial charge in [0, 0.05) is 37.3 Å². The third kappa shape index (κ3) is 7.46. The Morgan fingerprint density at radius 1 is 0.939 bits per heavy atom. The number of carbonyl (C=O) groups excluding carboxylic acids is 1. The minimum atomic E-state index is -0.125. The Kier molecular flexibility index (Phi) is 9.30. The van der Waals surface area contributed by atoms with Crippen molar-refractivity contribution >= 4 is 27.2 Å². The maximum atomic E-state index is 10.0. The van der Waals surface area contributed by atoms with Crippen LogP contribution in [0.4, 0.5) is 0 Å². The Bertz CT molecular complexity index is 1230. The number of ketones is 1. The number of rotatable bonds is 3. The first-order valence-electron chi connectivity index (χ1n) is 10.5. The van der Waals surface area contributed by atoms with E-state index in [1.807, 2.05) is 6.20 Å². The molecule has 0 unspecified atom stereocenters. The third-order valence-electron chi connectivity index (χ3n) is 4.75. The molecule has 0 spiro atoms. The fourth-order valence-electron chi connectivity index (χ4n) is 3.68. The molecule has 0 aliphatic carbocycles. The minimum absolute atomic E-state index is 0. The van der Waals surface area contributed by atoms with Gasteiger partial charge in [-0.3, -0.25) is 4.79 Å². The van der Waals surface area contributed by atoms with Gasteiger partial charge in [-0.05, 0) is 50.4 Å². The second-order valence-electron chi connectivity index (χ2n) is 8.25. The van der Waals surface area contributed by atoms with E-state index >= 15 is 0 Å². The standard InChI is InChI=1S/C23H20NS.C5H8O2.Ir/c1-14-5-15(2)8-18(7-14)21-11-20-12-22(25-23(20)13-24-21)19-9-16(3)6-17(4)10-19;1-4(6)3-5(2)7;/h5-7,9-13H,1-4H3;3,6H,1-2H3;/q-1;;/b;4-3-;. The molecule has 0 atom stereocenters. The molecule has 1 N–H and O–H groups in total. The van der Waals surface area contributed by atoms with E-state index in [1.54, 1.807) is 11.3 Å². The molecule has 0 saturated heterocycles. The van der Waals surface area contributed by atoms with Crippen LogP contribution < -0.4 is 0 Å². The second-order valence-corrected chi connectivity index (χ2v) is 9.33. The van der Waals surface area contributed by atoms with E-state index in [1.165, 1.54) is 57.1 Å². The zero-order chi connectivity index (χ0) is 23.4. The normalized spacial score (nSPS) is 10.9. The van der Waals surface area contributed by atoms with Gasteiger partial charge in [-0.15, -0.1) is 46.2 Å². The summed E-state index contributed by atoms with van der Waals surface area (Å²) in [6.45, 7) is 11.4. The molecule has 4 rings (SSSR count). The number of hydrogen-bond donors (Lipinski definition) is 1. The van der Waals surface area contributed by atoms with Crippen molar-refractivity contribution in [3.8, 4) is 21.7 Å². The maximum Gasteiger partial charge on any atom is 0.155 e. The molecule has 2 aromatic heterocycles. The molecule has 4 aromatic rings. The molecular formula is C28H28IrNO2S-. The molecule has 0 amide bonds. The Hall–Kier alpha value is -2.59. The zero-order valence-electron chi connectivity index (χ0n) is 19.7. The van der Waals surface area contributed by atoms with Gasteiger partial charge in [0.1, 0.15) is 0 Å². The summed E-state index contributed by atoms with van der Waals surface area (Å²) >= 11 is 1.81. The van der Waals surface area contributed by atoms with Crippen LogP contribution >= 0.6 is 11.3 Å². The second kappa shape index (κ2) is 11.5. The Balaban J connectivity index is 0.000000423. The van der Waals surface area contributed by atoms with Crippen molar-refractivity contribution in [2.45, 2.75) is 41.5 Å². The molecule has 2 aromatic carbocycles. The number of aliphatic hydroxyl groups is 1. The van der Waals surface area contributed by atoms with Crippen LogP contribution in [0, 0.1) is 33.8 Å². The van der Waals surface area contributed by atoms with Crippen molar-refractivity contribution < 1.29 is 30.0 Å². The molecule has 0 aliphatic heterocycles. The summed E-state index contributed by atoms with van der Waals surface area (Å²) in [4.78, 5) is 16.0. The van der Waals surface area contributed by atoms with E-state index in [4.69, 9.17) is 5.11 Å². The average Bonchev–Trinajstić information content (AvgIpc) is 3.09. The van der Waals surface area contributed by atoms with Crippen LogP contribution in [0.2, 0.25) is 0 Å². The molecule has 5 heteroatoms. The van der Waals surface area contributed by atoms with Gasteiger partial charge in [0.25, 0.3) is 0 Å². The molecule has 3 nitrogen and oxygen atoms in total. The number of pyridine rings is 1. The first-order chi connectivity index (χ1) is 15.1. The van der Waals surface area contributed by atoms with Gasteiger partial charge in [0.05, 0.1) is 10.5 Å². The van der Waals surface area contributed by atoms with E-state index in [9.17, 15) is 4.79 Å². The Morgan fingerprint density at radius 3 is 2.12 bits per heavy atom. The molecule has 173 valence electrons. The van der Waals surface area contributed by atoms with E-state index in [0.29, 0.717) is 0 Å². The smallest absolute Gasteiger partial charge is 0.155 e. The van der Waals surface area contributed by atoms with Crippen LogP contribution in [0.15, 0.2) is 60.5 Å². The van der Waals surface area contributed by atoms with Crippen LogP contribution in [0.5, 0.6) is 0 Å². The van der Waals surface area contributed by atoms with Gasteiger partial charge in [-0.2, -0.15) is 0 Å². The summed E-state index contributed by atoms with van der Waals surface area (Å²) < 4.78 is 1.22. The van der Waals surface area contributed by atoms with E-state index < -0.39 is 0 Å². The fourth-order valence-corrected chi connectivity index (χ4v) is 4.68. The summed E-state index contributed by atoms with van der Waals surface area (Å²) in [6.07, 6.45) is 3.16. The quantitative estimate of drug-likeness (QED) is 0.143. The predicted molar refractivity (Wildman–Crippen MR) is 135 cm³/mol.